The molecule has 0 aliphatic heterocycles. The van der Waals surface area contributed by atoms with Crippen molar-refractivity contribution < 1.29 is 9.53 Å². The first-order chi connectivity index (χ1) is 8.31. The molecule has 0 saturated heterocycles. The van der Waals surface area contributed by atoms with Gasteiger partial charge in [0.15, 0.2) is 11.6 Å². The van der Waals surface area contributed by atoms with Gasteiger partial charge in [0.05, 0.1) is 12.1 Å². The van der Waals surface area contributed by atoms with Crippen molar-refractivity contribution in [1.82, 2.24) is 20.2 Å². The Bertz CT molecular complexity index is 495. The van der Waals surface area contributed by atoms with Crippen LogP contribution in [0.3, 0.4) is 0 Å². The van der Waals surface area contributed by atoms with Crippen molar-refractivity contribution in [3.63, 3.8) is 0 Å². The molecular weight excluding hydrogens is 220 g/mol. The molecule has 0 amide bonds. The van der Waals surface area contributed by atoms with Gasteiger partial charge in [-0.2, -0.15) is 4.68 Å². The topological polar surface area (TPSA) is 69.9 Å². The molecule has 0 saturated carbocycles. The van der Waals surface area contributed by atoms with Crippen LogP contribution in [0, 0.1) is 0 Å². The fourth-order valence-corrected chi connectivity index (χ4v) is 1.47. The Balaban J connectivity index is 2.20. The molecule has 0 fully saturated rings. The minimum absolute atomic E-state index is 0.0560. The van der Waals surface area contributed by atoms with Crippen molar-refractivity contribution in [2.24, 2.45) is 0 Å². The van der Waals surface area contributed by atoms with Gasteiger partial charge in [0.1, 0.15) is 6.61 Å². The third-order valence-corrected chi connectivity index (χ3v) is 2.20. The molecule has 0 radical (unpaired) electrons. The Morgan fingerprint density at radius 1 is 1.35 bits per heavy atom. The molecule has 0 aliphatic carbocycles. The van der Waals surface area contributed by atoms with Crippen molar-refractivity contribution in [2.45, 2.75) is 6.42 Å². The predicted molar refractivity (Wildman–Crippen MR) is 59.7 cm³/mol. The Hall–Kier alpha value is -2.08. The van der Waals surface area contributed by atoms with E-state index in [9.17, 15) is 4.79 Å². The van der Waals surface area contributed by atoms with Gasteiger partial charge in [-0.15, -0.1) is 5.10 Å². The van der Waals surface area contributed by atoms with Gasteiger partial charge in [0, 0.05) is 7.11 Å². The van der Waals surface area contributed by atoms with Crippen LogP contribution in [0.4, 0.5) is 0 Å². The number of carbonyl (C=O) groups excluding carboxylic acids is 1. The standard InChI is InChI=1S/C11H12N4O2/c1-17-8-10(16)7-11-12-13-14-15(11)9-5-3-2-4-6-9/h2-6H,7-8H2,1H3. The van der Waals surface area contributed by atoms with E-state index in [4.69, 9.17) is 4.74 Å². The number of hydrogen-bond donors (Lipinski definition) is 0. The number of rotatable bonds is 5. The van der Waals surface area contributed by atoms with Crippen LogP contribution < -0.4 is 0 Å². The number of ketones is 1. The highest BCUT2D eigenvalue weighted by Gasteiger charge is 2.12. The average Bonchev–Trinajstić information content (AvgIpc) is 2.78. The monoisotopic (exact) mass is 232 g/mol. The summed E-state index contributed by atoms with van der Waals surface area (Å²) in [6, 6.07) is 9.43. The summed E-state index contributed by atoms with van der Waals surface area (Å²) in [6.45, 7) is 0.0711. The number of nitrogens with zero attached hydrogens (tertiary/aromatic N) is 4. The molecule has 6 nitrogen and oxygen atoms in total. The molecule has 1 aromatic carbocycles. The van der Waals surface area contributed by atoms with Crippen molar-refractivity contribution >= 4 is 5.78 Å². The van der Waals surface area contributed by atoms with Crippen molar-refractivity contribution in [3.05, 3.63) is 36.2 Å². The first kappa shape index (κ1) is 11.4. The average molecular weight is 232 g/mol. The highest BCUT2D eigenvalue weighted by molar-refractivity contribution is 5.81. The highest BCUT2D eigenvalue weighted by Crippen LogP contribution is 2.07. The number of para-hydroxylation sites is 1. The van der Waals surface area contributed by atoms with E-state index < -0.39 is 0 Å². The van der Waals surface area contributed by atoms with E-state index in [1.165, 1.54) is 7.11 Å². The molecule has 2 aromatic rings. The smallest absolute Gasteiger partial charge is 0.166 e. The van der Waals surface area contributed by atoms with Crippen molar-refractivity contribution in [2.75, 3.05) is 13.7 Å². The lowest BCUT2D eigenvalue weighted by atomic mass is 10.2. The van der Waals surface area contributed by atoms with Gasteiger partial charge >= 0.3 is 0 Å². The zero-order valence-corrected chi connectivity index (χ0v) is 9.41. The lowest BCUT2D eigenvalue weighted by Gasteiger charge is -2.03. The van der Waals surface area contributed by atoms with E-state index >= 15 is 0 Å². The van der Waals surface area contributed by atoms with Crippen LogP contribution in [0.2, 0.25) is 0 Å². The molecule has 0 atom stereocenters. The summed E-state index contributed by atoms with van der Waals surface area (Å²) in [4.78, 5) is 11.5. The molecule has 0 N–H and O–H groups in total. The third-order valence-electron chi connectivity index (χ3n) is 2.20. The largest absolute Gasteiger partial charge is 0.377 e. The number of methoxy groups -OCH3 is 1. The number of carbonyl (C=O) groups is 1. The molecule has 6 heteroatoms. The molecule has 17 heavy (non-hydrogen) atoms. The Morgan fingerprint density at radius 2 is 2.12 bits per heavy atom. The maximum atomic E-state index is 11.5. The molecule has 0 spiro atoms. The Kier molecular flexibility index (Phi) is 3.56. The summed E-state index contributed by atoms with van der Waals surface area (Å²) in [5.74, 6) is 0.456. The fourth-order valence-electron chi connectivity index (χ4n) is 1.47. The molecule has 2 rings (SSSR count). The first-order valence-electron chi connectivity index (χ1n) is 5.14. The lowest BCUT2D eigenvalue weighted by molar-refractivity contribution is -0.122. The lowest BCUT2D eigenvalue weighted by Crippen LogP contribution is -2.14. The number of hydrogen-bond acceptors (Lipinski definition) is 5. The predicted octanol–water partition coefficient (Wildman–Crippen LogP) is 0.420. The van der Waals surface area contributed by atoms with E-state index in [0.717, 1.165) is 5.69 Å². The quantitative estimate of drug-likeness (QED) is 0.747. The number of ether oxygens (including phenoxy) is 1. The van der Waals surface area contributed by atoms with E-state index in [-0.39, 0.29) is 18.8 Å². The third kappa shape index (κ3) is 2.73. The zero-order chi connectivity index (χ0) is 12.1. The summed E-state index contributed by atoms with van der Waals surface area (Å²) < 4.78 is 6.32. The van der Waals surface area contributed by atoms with E-state index in [1.807, 2.05) is 30.3 Å². The molecule has 1 aromatic heterocycles. The molecule has 0 unspecified atom stereocenters. The van der Waals surface area contributed by atoms with Crippen LogP contribution in [-0.4, -0.2) is 39.7 Å². The summed E-state index contributed by atoms with van der Waals surface area (Å²) >= 11 is 0. The molecule has 0 aliphatic rings. The molecular formula is C11H12N4O2. The fraction of sp³-hybridized carbons (Fsp3) is 0.273. The van der Waals surface area contributed by atoms with Crippen LogP contribution in [0.25, 0.3) is 5.69 Å². The second kappa shape index (κ2) is 5.31. The maximum absolute atomic E-state index is 11.5. The minimum atomic E-state index is -0.0560. The molecule has 88 valence electrons. The zero-order valence-electron chi connectivity index (χ0n) is 9.41. The molecule has 0 bridgehead atoms. The number of tetrazole rings is 1. The van der Waals surface area contributed by atoms with Crippen LogP contribution in [0.5, 0.6) is 0 Å². The van der Waals surface area contributed by atoms with Gasteiger partial charge in [0.2, 0.25) is 0 Å². The minimum Gasteiger partial charge on any atom is -0.377 e. The second-order valence-electron chi connectivity index (χ2n) is 3.49. The van der Waals surface area contributed by atoms with E-state index in [2.05, 4.69) is 15.5 Å². The summed E-state index contributed by atoms with van der Waals surface area (Å²) in [7, 11) is 1.48. The molecule has 1 heterocycles. The van der Waals surface area contributed by atoms with Gasteiger partial charge in [-0.25, -0.2) is 0 Å². The first-order valence-corrected chi connectivity index (χ1v) is 5.14. The van der Waals surface area contributed by atoms with Crippen molar-refractivity contribution in [3.8, 4) is 5.69 Å². The second-order valence-corrected chi connectivity index (χ2v) is 3.49. The number of Topliss-reactive ketones (excluding diaryl/α,β-unsaturated/α-hetero) is 1. The maximum Gasteiger partial charge on any atom is 0.166 e. The summed E-state index contributed by atoms with van der Waals surface area (Å²) in [5.41, 5.74) is 0.831. The van der Waals surface area contributed by atoms with Gasteiger partial charge in [-0.3, -0.25) is 4.79 Å². The Morgan fingerprint density at radius 3 is 2.82 bits per heavy atom. The van der Waals surface area contributed by atoms with Crippen LogP contribution in [0.1, 0.15) is 5.82 Å². The SMILES string of the molecule is COCC(=O)Cc1nnnn1-c1ccccc1. The van der Waals surface area contributed by atoms with Gasteiger partial charge in [-0.1, -0.05) is 18.2 Å². The Labute approximate surface area is 98.2 Å². The van der Waals surface area contributed by atoms with E-state index in [1.54, 1.807) is 4.68 Å². The van der Waals surface area contributed by atoms with Gasteiger partial charge in [-0.05, 0) is 22.6 Å². The summed E-state index contributed by atoms with van der Waals surface area (Å²) in [6.07, 6.45) is 0.162. The number of aromatic nitrogens is 4. The van der Waals surface area contributed by atoms with Crippen LogP contribution in [0.15, 0.2) is 30.3 Å². The van der Waals surface area contributed by atoms with Gasteiger partial charge < -0.3 is 4.74 Å². The van der Waals surface area contributed by atoms with E-state index in [0.29, 0.717) is 5.82 Å². The van der Waals surface area contributed by atoms with Crippen molar-refractivity contribution in [1.29, 1.82) is 0 Å². The number of benzene rings is 1. The normalized spacial score (nSPS) is 10.4. The summed E-state index contributed by atoms with van der Waals surface area (Å²) in [5, 5.41) is 11.3. The van der Waals surface area contributed by atoms with Crippen LogP contribution in [-0.2, 0) is 16.0 Å². The van der Waals surface area contributed by atoms with Gasteiger partial charge in [0.25, 0.3) is 0 Å². The highest BCUT2D eigenvalue weighted by atomic mass is 16.5. The van der Waals surface area contributed by atoms with Crippen LogP contribution >= 0.6 is 0 Å².